The van der Waals surface area contributed by atoms with Gasteiger partial charge in [0.2, 0.25) is 10.0 Å². The summed E-state index contributed by atoms with van der Waals surface area (Å²) < 4.78 is 26.7. The number of rotatable bonds is 4. The molecule has 0 aliphatic carbocycles. The number of hydrogen-bond donors (Lipinski definition) is 2. The smallest absolute Gasteiger partial charge is 0.207 e. The predicted molar refractivity (Wildman–Crippen MR) is 69.4 cm³/mol. The monoisotopic (exact) mass is 321 g/mol. The molecule has 102 valence electrons. The molecule has 1 atom stereocenters. The van der Waals surface area contributed by atoms with Crippen molar-refractivity contribution in [1.29, 1.82) is 0 Å². The van der Waals surface area contributed by atoms with Crippen LogP contribution in [-0.2, 0) is 10.0 Å². The summed E-state index contributed by atoms with van der Waals surface area (Å²) in [6.45, 7) is 1.59. The maximum Gasteiger partial charge on any atom is 0.241 e. The number of nitrogens with one attached hydrogen (secondary N) is 2. The first kappa shape index (κ1) is 14.2. The van der Waals surface area contributed by atoms with Crippen molar-refractivity contribution in [3.63, 3.8) is 0 Å². The van der Waals surface area contributed by atoms with Crippen LogP contribution in [0.15, 0.2) is 23.1 Å². The van der Waals surface area contributed by atoms with Crippen molar-refractivity contribution in [2.45, 2.75) is 17.9 Å². The fourth-order valence-electron chi connectivity index (χ4n) is 1.39. The van der Waals surface area contributed by atoms with E-state index in [1.807, 2.05) is 0 Å². The van der Waals surface area contributed by atoms with Crippen LogP contribution in [0.25, 0.3) is 0 Å². The van der Waals surface area contributed by atoms with Crippen LogP contribution < -0.4 is 4.72 Å². The van der Waals surface area contributed by atoms with Crippen molar-refractivity contribution in [1.82, 2.24) is 25.3 Å². The average Bonchev–Trinajstić information content (AvgIpc) is 2.80. The molecule has 2 aromatic rings. The summed E-state index contributed by atoms with van der Waals surface area (Å²) in [4.78, 5) is -0.0275. The van der Waals surface area contributed by atoms with Gasteiger partial charge in [-0.3, -0.25) is 0 Å². The van der Waals surface area contributed by atoms with Crippen LogP contribution in [0.2, 0.25) is 10.0 Å². The van der Waals surface area contributed by atoms with E-state index in [2.05, 4.69) is 25.3 Å². The molecule has 1 aromatic heterocycles. The first-order valence-electron chi connectivity index (χ1n) is 5.10. The molecule has 0 radical (unpaired) electrons. The lowest BCUT2D eigenvalue weighted by atomic mass is 10.3. The number of aromatic amines is 1. The van der Waals surface area contributed by atoms with Gasteiger partial charge in [0.05, 0.1) is 10.9 Å². The molecule has 0 aliphatic rings. The largest absolute Gasteiger partial charge is 0.241 e. The normalized spacial score (nSPS) is 13.4. The third-order valence-electron chi connectivity index (χ3n) is 2.23. The molecule has 0 bridgehead atoms. The molecular formula is C9H9Cl2N5O2S. The van der Waals surface area contributed by atoms with E-state index in [9.17, 15) is 8.42 Å². The molecule has 0 spiro atoms. The Balaban J connectivity index is 2.27. The zero-order valence-electron chi connectivity index (χ0n) is 9.63. The minimum absolute atomic E-state index is 0.0275. The zero-order valence-corrected chi connectivity index (χ0v) is 12.0. The van der Waals surface area contributed by atoms with Crippen LogP contribution >= 0.6 is 23.2 Å². The Hall–Kier alpha value is -1.22. The molecule has 2 N–H and O–H groups in total. The molecule has 0 fully saturated rings. The van der Waals surface area contributed by atoms with Gasteiger partial charge in [0.1, 0.15) is 0 Å². The van der Waals surface area contributed by atoms with Crippen molar-refractivity contribution < 1.29 is 8.42 Å². The molecule has 0 saturated heterocycles. The molecule has 0 aliphatic heterocycles. The van der Waals surface area contributed by atoms with E-state index in [0.29, 0.717) is 0 Å². The van der Waals surface area contributed by atoms with Crippen LogP contribution in [0.1, 0.15) is 18.8 Å². The third-order valence-corrected chi connectivity index (χ3v) is 4.18. The number of tetrazole rings is 1. The van der Waals surface area contributed by atoms with Gasteiger partial charge >= 0.3 is 0 Å². The minimum Gasteiger partial charge on any atom is -0.207 e. The first-order valence-corrected chi connectivity index (χ1v) is 7.34. The van der Waals surface area contributed by atoms with Gasteiger partial charge in [-0.1, -0.05) is 28.4 Å². The van der Waals surface area contributed by atoms with E-state index in [1.165, 1.54) is 18.2 Å². The van der Waals surface area contributed by atoms with E-state index in [-0.39, 0.29) is 20.8 Å². The van der Waals surface area contributed by atoms with Crippen molar-refractivity contribution in [2.75, 3.05) is 0 Å². The number of halogens is 2. The van der Waals surface area contributed by atoms with Crippen LogP contribution in [0, 0.1) is 0 Å². The van der Waals surface area contributed by atoms with E-state index in [4.69, 9.17) is 23.2 Å². The Morgan fingerprint density at radius 1 is 1.26 bits per heavy atom. The van der Waals surface area contributed by atoms with Crippen molar-refractivity contribution in [3.8, 4) is 0 Å². The summed E-state index contributed by atoms with van der Waals surface area (Å²) in [5, 5.41) is 13.5. The highest BCUT2D eigenvalue weighted by Crippen LogP contribution is 2.23. The van der Waals surface area contributed by atoms with Crippen LogP contribution in [0.3, 0.4) is 0 Å². The van der Waals surface area contributed by atoms with Gasteiger partial charge in [-0.25, -0.2) is 13.1 Å². The fraction of sp³-hybridized carbons (Fsp3) is 0.222. The Bertz CT molecular complexity index is 654. The Morgan fingerprint density at radius 2 is 1.89 bits per heavy atom. The second-order valence-electron chi connectivity index (χ2n) is 3.72. The molecule has 1 aromatic carbocycles. The standard InChI is InChI=1S/C9H9Cl2N5O2S/c1-5(9-12-15-16-13-9)14-19(17,18)8-3-6(10)2-7(11)4-8/h2-5,14H,1H3,(H,12,13,15,16). The minimum atomic E-state index is -3.77. The lowest BCUT2D eigenvalue weighted by molar-refractivity contribution is 0.560. The van der Waals surface area contributed by atoms with Gasteiger partial charge in [-0.2, -0.15) is 5.21 Å². The summed E-state index contributed by atoms with van der Waals surface area (Å²) in [7, 11) is -3.77. The highest BCUT2D eigenvalue weighted by atomic mass is 35.5. The van der Waals surface area contributed by atoms with E-state index in [1.54, 1.807) is 6.92 Å². The van der Waals surface area contributed by atoms with Crippen LogP contribution in [0.4, 0.5) is 0 Å². The SMILES string of the molecule is CC(NS(=O)(=O)c1cc(Cl)cc(Cl)c1)c1nn[nH]n1. The van der Waals surface area contributed by atoms with Crippen LogP contribution in [0.5, 0.6) is 0 Å². The average molecular weight is 322 g/mol. The molecule has 0 saturated carbocycles. The van der Waals surface area contributed by atoms with E-state index in [0.717, 1.165) is 0 Å². The lowest BCUT2D eigenvalue weighted by Crippen LogP contribution is -2.27. The second kappa shape index (κ2) is 5.41. The summed E-state index contributed by atoms with van der Waals surface area (Å²) in [5.41, 5.74) is 0. The van der Waals surface area contributed by atoms with Gasteiger partial charge < -0.3 is 0 Å². The van der Waals surface area contributed by atoms with Gasteiger partial charge in [-0.15, -0.1) is 10.2 Å². The predicted octanol–water partition coefficient (Wildman–Crippen LogP) is 1.55. The van der Waals surface area contributed by atoms with E-state index >= 15 is 0 Å². The number of benzene rings is 1. The highest BCUT2D eigenvalue weighted by Gasteiger charge is 2.21. The van der Waals surface area contributed by atoms with Crippen LogP contribution in [-0.4, -0.2) is 29.0 Å². The quantitative estimate of drug-likeness (QED) is 0.889. The lowest BCUT2D eigenvalue weighted by Gasteiger charge is -2.11. The maximum absolute atomic E-state index is 12.1. The molecule has 1 heterocycles. The zero-order chi connectivity index (χ0) is 14.0. The number of sulfonamides is 1. The molecule has 10 heteroatoms. The molecule has 2 rings (SSSR count). The Morgan fingerprint density at radius 3 is 2.42 bits per heavy atom. The summed E-state index contributed by atoms with van der Waals surface area (Å²) in [6.07, 6.45) is 0. The summed E-state index contributed by atoms with van der Waals surface area (Å²) in [6, 6.07) is 3.42. The third kappa shape index (κ3) is 3.41. The molecular weight excluding hydrogens is 313 g/mol. The molecule has 0 amide bonds. The first-order chi connectivity index (χ1) is 8.88. The highest BCUT2D eigenvalue weighted by molar-refractivity contribution is 7.89. The fourth-order valence-corrected chi connectivity index (χ4v) is 3.32. The van der Waals surface area contributed by atoms with Gasteiger partial charge in [0.15, 0.2) is 5.82 Å². The topological polar surface area (TPSA) is 101 Å². The summed E-state index contributed by atoms with van der Waals surface area (Å²) in [5.74, 6) is 0.233. The van der Waals surface area contributed by atoms with Gasteiger partial charge in [-0.05, 0) is 25.1 Å². The van der Waals surface area contributed by atoms with Crippen molar-refractivity contribution in [3.05, 3.63) is 34.1 Å². The second-order valence-corrected chi connectivity index (χ2v) is 6.30. The van der Waals surface area contributed by atoms with Gasteiger partial charge in [0.25, 0.3) is 0 Å². The molecule has 7 nitrogen and oxygen atoms in total. The number of hydrogen-bond acceptors (Lipinski definition) is 5. The molecule has 19 heavy (non-hydrogen) atoms. The Labute approximate surface area is 119 Å². The van der Waals surface area contributed by atoms with E-state index < -0.39 is 16.1 Å². The maximum atomic E-state index is 12.1. The van der Waals surface area contributed by atoms with Gasteiger partial charge in [0, 0.05) is 10.0 Å². The number of nitrogens with zero attached hydrogens (tertiary/aromatic N) is 3. The van der Waals surface area contributed by atoms with Crippen molar-refractivity contribution >= 4 is 33.2 Å². The Kier molecular flexibility index (Phi) is 4.04. The summed E-state index contributed by atoms with van der Waals surface area (Å²) >= 11 is 11.6. The number of aromatic nitrogens is 4. The number of H-pyrrole nitrogens is 1. The van der Waals surface area contributed by atoms with Crippen molar-refractivity contribution in [2.24, 2.45) is 0 Å². The molecule has 1 unspecified atom stereocenters.